The Kier molecular flexibility index (Phi) is 3.05. The number of sulfone groups is 1. The predicted molar refractivity (Wildman–Crippen MR) is 58.7 cm³/mol. The maximum atomic E-state index is 11.3. The second kappa shape index (κ2) is 4.20. The zero-order valence-electron chi connectivity index (χ0n) is 8.96. The van der Waals surface area contributed by atoms with Gasteiger partial charge in [0.1, 0.15) is 5.76 Å². The van der Waals surface area contributed by atoms with Crippen molar-refractivity contribution in [2.45, 2.75) is 25.1 Å². The molecule has 2 N–H and O–H groups in total. The number of aliphatic hydroxyl groups is 1. The van der Waals surface area contributed by atoms with Gasteiger partial charge in [0.2, 0.25) is 0 Å². The van der Waals surface area contributed by atoms with Crippen LogP contribution >= 0.6 is 0 Å². The van der Waals surface area contributed by atoms with Crippen LogP contribution in [-0.4, -0.2) is 37.2 Å². The molecule has 1 aromatic heterocycles. The fourth-order valence-electron chi connectivity index (χ4n) is 1.93. The van der Waals surface area contributed by atoms with Crippen LogP contribution in [0.1, 0.15) is 18.7 Å². The number of nitrogens with one attached hydrogen (secondary N) is 1. The molecular formula is C10H15NO4S. The topological polar surface area (TPSA) is 79.5 Å². The zero-order valence-corrected chi connectivity index (χ0v) is 9.78. The third-order valence-corrected chi connectivity index (χ3v) is 4.47. The van der Waals surface area contributed by atoms with E-state index in [1.165, 1.54) is 0 Å². The molecule has 1 aliphatic rings. The summed E-state index contributed by atoms with van der Waals surface area (Å²) >= 11 is 0. The normalized spacial score (nSPS) is 30.4. The molecule has 2 rings (SSSR count). The molecule has 0 saturated carbocycles. The van der Waals surface area contributed by atoms with Gasteiger partial charge in [-0.2, -0.15) is 0 Å². The molecule has 0 bridgehead atoms. The van der Waals surface area contributed by atoms with E-state index in [1.807, 2.05) is 13.0 Å². The van der Waals surface area contributed by atoms with Crippen LogP contribution in [0.3, 0.4) is 0 Å². The van der Waals surface area contributed by atoms with Gasteiger partial charge in [-0.15, -0.1) is 0 Å². The summed E-state index contributed by atoms with van der Waals surface area (Å²) in [6.07, 6.45) is 0.734. The maximum absolute atomic E-state index is 11.3. The molecule has 6 heteroatoms. The van der Waals surface area contributed by atoms with Crippen LogP contribution < -0.4 is 5.32 Å². The summed E-state index contributed by atoms with van der Waals surface area (Å²) in [6, 6.07) is 3.07. The van der Waals surface area contributed by atoms with Crippen molar-refractivity contribution in [1.29, 1.82) is 0 Å². The van der Waals surface area contributed by atoms with Gasteiger partial charge in [0.15, 0.2) is 9.84 Å². The molecule has 0 aromatic carbocycles. The van der Waals surface area contributed by atoms with Crippen molar-refractivity contribution in [2.24, 2.45) is 0 Å². The molecule has 1 fully saturated rings. The Hall–Kier alpha value is -0.850. The van der Waals surface area contributed by atoms with Crippen molar-refractivity contribution >= 4 is 9.84 Å². The average molecular weight is 245 g/mol. The fraction of sp³-hybridized carbons (Fsp3) is 0.600. The average Bonchev–Trinajstić information content (AvgIpc) is 2.74. The number of hydrogen-bond donors (Lipinski definition) is 2. The van der Waals surface area contributed by atoms with Crippen LogP contribution in [0.25, 0.3) is 0 Å². The summed E-state index contributed by atoms with van der Waals surface area (Å²) in [5, 5.41) is 12.7. The first-order valence-electron chi connectivity index (χ1n) is 5.16. The Labute approximate surface area is 94.4 Å². The third kappa shape index (κ3) is 2.45. The van der Waals surface area contributed by atoms with Crippen molar-refractivity contribution < 1.29 is 17.9 Å². The van der Waals surface area contributed by atoms with Crippen LogP contribution in [0, 0.1) is 0 Å². The number of aliphatic hydroxyl groups excluding tert-OH is 1. The lowest BCUT2D eigenvalue weighted by Crippen LogP contribution is -2.40. The van der Waals surface area contributed by atoms with Gasteiger partial charge < -0.3 is 14.8 Å². The highest BCUT2D eigenvalue weighted by molar-refractivity contribution is 7.91. The first-order chi connectivity index (χ1) is 7.48. The standard InChI is InChI=1S/C10H15NO4S/c1-7(10-3-2-4-15-10)11-8-5-16(13,14)6-9(8)12/h2-4,7-9,11-12H,5-6H2,1H3/t7-,8?,9?/m1/s1. The van der Waals surface area contributed by atoms with Gasteiger partial charge in [-0.1, -0.05) is 0 Å². The highest BCUT2D eigenvalue weighted by Crippen LogP contribution is 2.18. The maximum Gasteiger partial charge on any atom is 0.154 e. The van der Waals surface area contributed by atoms with Gasteiger partial charge >= 0.3 is 0 Å². The highest BCUT2D eigenvalue weighted by atomic mass is 32.2. The minimum absolute atomic E-state index is 0.0147. The summed E-state index contributed by atoms with van der Waals surface area (Å²) in [5.74, 6) is 0.561. The second-order valence-electron chi connectivity index (χ2n) is 4.15. The van der Waals surface area contributed by atoms with E-state index in [0.29, 0.717) is 0 Å². The Morgan fingerprint density at radius 3 is 2.81 bits per heavy atom. The van der Waals surface area contributed by atoms with E-state index >= 15 is 0 Å². The SMILES string of the molecule is C[C@@H](NC1CS(=O)(=O)CC1O)c1ccco1. The molecule has 16 heavy (non-hydrogen) atoms. The molecule has 0 radical (unpaired) electrons. The summed E-state index contributed by atoms with van der Waals surface area (Å²) in [7, 11) is -3.10. The molecule has 0 spiro atoms. The van der Waals surface area contributed by atoms with E-state index in [1.54, 1.807) is 12.3 Å². The molecule has 0 aliphatic carbocycles. The molecule has 2 heterocycles. The van der Waals surface area contributed by atoms with Gasteiger partial charge in [-0.3, -0.25) is 0 Å². The Balaban J connectivity index is 2.01. The fourth-order valence-corrected chi connectivity index (χ4v) is 3.68. The van der Waals surface area contributed by atoms with Gasteiger partial charge in [0.25, 0.3) is 0 Å². The van der Waals surface area contributed by atoms with Crippen LogP contribution in [0.5, 0.6) is 0 Å². The Bertz CT molecular complexity index is 439. The monoisotopic (exact) mass is 245 g/mol. The van der Waals surface area contributed by atoms with Crippen molar-refractivity contribution in [3.8, 4) is 0 Å². The van der Waals surface area contributed by atoms with E-state index in [-0.39, 0.29) is 17.5 Å². The van der Waals surface area contributed by atoms with Crippen molar-refractivity contribution in [3.05, 3.63) is 24.2 Å². The highest BCUT2D eigenvalue weighted by Gasteiger charge is 2.37. The predicted octanol–water partition coefficient (Wildman–Crippen LogP) is 0.0881. The Morgan fingerprint density at radius 2 is 2.31 bits per heavy atom. The molecule has 0 amide bonds. The summed E-state index contributed by atoms with van der Waals surface area (Å²) in [5.41, 5.74) is 0. The molecule has 1 saturated heterocycles. The van der Waals surface area contributed by atoms with Crippen molar-refractivity contribution in [3.63, 3.8) is 0 Å². The summed E-state index contributed by atoms with van der Waals surface area (Å²) in [6.45, 7) is 1.87. The van der Waals surface area contributed by atoms with E-state index in [2.05, 4.69) is 5.32 Å². The first-order valence-corrected chi connectivity index (χ1v) is 6.98. The molecule has 90 valence electrons. The van der Waals surface area contributed by atoms with Crippen molar-refractivity contribution in [2.75, 3.05) is 11.5 Å². The van der Waals surface area contributed by atoms with E-state index in [0.717, 1.165) is 5.76 Å². The lowest BCUT2D eigenvalue weighted by molar-refractivity contribution is 0.158. The molecule has 1 aliphatic heterocycles. The molecule has 1 aromatic rings. The van der Waals surface area contributed by atoms with E-state index in [4.69, 9.17) is 4.42 Å². The van der Waals surface area contributed by atoms with Gasteiger partial charge in [0, 0.05) is 6.04 Å². The lowest BCUT2D eigenvalue weighted by Gasteiger charge is -2.19. The second-order valence-corrected chi connectivity index (χ2v) is 6.31. The van der Waals surface area contributed by atoms with E-state index in [9.17, 15) is 13.5 Å². The van der Waals surface area contributed by atoms with Crippen LogP contribution in [0.15, 0.2) is 22.8 Å². The number of rotatable bonds is 3. The minimum Gasteiger partial charge on any atom is -0.468 e. The third-order valence-electron chi connectivity index (χ3n) is 2.76. The van der Waals surface area contributed by atoms with E-state index < -0.39 is 22.0 Å². The molecular weight excluding hydrogens is 230 g/mol. The van der Waals surface area contributed by atoms with Gasteiger partial charge in [-0.05, 0) is 19.1 Å². The molecule has 5 nitrogen and oxygen atoms in total. The zero-order chi connectivity index (χ0) is 11.8. The van der Waals surface area contributed by atoms with Crippen LogP contribution in [-0.2, 0) is 9.84 Å². The van der Waals surface area contributed by atoms with Crippen molar-refractivity contribution in [1.82, 2.24) is 5.32 Å². The number of hydrogen-bond acceptors (Lipinski definition) is 5. The minimum atomic E-state index is -3.10. The quantitative estimate of drug-likeness (QED) is 0.789. The summed E-state index contributed by atoms with van der Waals surface area (Å²) < 4.78 is 27.8. The first kappa shape index (κ1) is 11.6. The Morgan fingerprint density at radius 1 is 1.56 bits per heavy atom. The number of furan rings is 1. The lowest BCUT2D eigenvalue weighted by atomic mass is 10.1. The summed E-state index contributed by atoms with van der Waals surface area (Å²) in [4.78, 5) is 0. The smallest absolute Gasteiger partial charge is 0.154 e. The van der Waals surface area contributed by atoms with Crippen LogP contribution in [0.4, 0.5) is 0 Å². The van der Waals surface area contributed by atoms with Crippen LogP contribution in [0.2, 0.25) is 0 Å². The van der Waals surface area contributed by atoms with Gasteiger partial charge in [-0.25, -0.2) is 8.42 Å². The molecule has 3 atom stereocenters. The van der Waals surface area contributed by atoms with Gasteiger partial charge in [0.05, 0.1) is 29.9 Å². The largest absolute Gasteiger partial charge is 0.468 e. The molecule has 2 unspecified atom stereocenters.